The van der Waals surface area contributed by atoms with E-state index in [0.29, 0.717) is 5.56 Å². The molecule has 0 spiro atoms. The molecule has 128 valence electrons. The van der Waals surface area contributed by atoms with Gasteiger partial charge in [-0.05, 0) is 35.9 Å². The van der Waals surface area contributed by atoms with Crippen molar-refractivity contribution in [3.05, 3.63) is 68.3 Å². The van der Waals surface area contributed by atoms with E-state index in [1.54, 1.807) is 12.1 Å². The van der Waals surface area contributed by atoms with Gasteiger partial charge < -0.3 is 10.5 Å². The third-order valence-corrected chi connectivity index (χ3v) is 2.85. The Morgan fingerprint density at radius 3 is 2.36 bits per heavy atom. The summed E-state index contributed by atoms with van der Waals surface area (Å²) < 4.78 is 5.40. The van der Waals surface area contributed by atoms with Gasteiger partial charge in [0.25, 0.3) is 5.69 Å². The van der Waals surface area contributed by atoms with Gasteiger partial charge in [0.05, 0.1) is 22.1 Å². The zero-order chi connectivity index (χ0) is 18.4. The van der Waals surface area contributed by atoms with E-state index < -0.39 is 27.3 Å². The maximum Gasteiger partial charge on any atom is 0.332 e. The molecular weight excluding hydrogens is 334 g/mol. The second kappa shape index (κ2) is 7.50. The number of nitrogens with one attached hydrogen (secondary N) is 1. The predicted octanol–water partition coefficient (Wildman–Crippen LogP) is 2.30. The lowest BCUT2D eigenvalue weighted by Crippen LogP contribution is -2.24. The number of ether oxygens (including phenoxy) is 1. The lowest BCUT2D eigenvalue weighted by Gasteiger charge is -2.06. The molecule has 0 saturated carbocycles. The molecule has 0 aliphatic carbocycles. The summed E-state index contributed by atoms with van der Waals surface area (Å²) >= 11 is 0. The highest BCUT2D eigenvalue weighted by molar-refractivity contribution is 5.81. The fraction of sp³-hybridized carbons (Fsp3) is 0. The Bertz CT molecular complexity index is 849. The van der Waals surface area contributed by atoms with Gasteiger partial charge in [0, 0.05) is 6.07 Å². The summed E-state index contributed by atoms with van der Waals surface area (Å²) in [5, 5.41) is 25.3. The number of amides is 2. The summed E-state index contributed by atoms with van der Waals surface area (Å²) in [5.41, 5.74) is 6.56. The van der Waals surface area contributed by atoms with E-state index in [1.165, 1.54) is 18.3 Å². The molecule has 0 aliphatic heterocycles. The Kier molecular flexibility index (Phi) is 5.20. The fourth-order valence-electron chi connectivity index (χ4n) is 1.77. The van der Waals surface area contributed by atoms with Gasteiger partial charge in [0.15, 0.2) is 0 Å². The number of hydrogen-bond donors (Lipinski definition) is 2. The predicted molar refractivity (Wildman–Crippen MR) is 86.6 cm³/mol. The minimum atomic E-state index is -0.804. The molecule has 11 nitrogen and oxygen atoms in total. The van der Waals surface area contributed by atoms with Crippen LogP contribution < -0.4 is 15.9 Å². The second-order valence-corrected chi connectivity index (χ2v) is 4.57. The van der Waals surface area contributed by atoms with Gasteiger partial charge in [-0.3, -0.25) is 20.2 Å². The number of carbonyl (C=O) groups is 1. The van der Waals surface area contributed by atoms with Gasteiger partial charge in [-0.2, -0.15) is 5.10 Å². The van der Waals surface area contributed by atoms with Gasteiger partial charge in [-0.25, -0.2) is 10.2 Å². The highest BCUT2D eigenvalue weighted by Gasteiger charge is 2.21. The number of hydrogen-bond acceptors (Lipinski definition) is 7. The number of non-ortho nitro benzene ring substituents is 1. The van der Waals surface area contributed by atoms with Crippen LogP contribution in [-0.4, -0.2) is 22.1 Å². The van der Waals surface area contributed by atoms with Crippen molar-refractivity contribution in [1.82, 2.24) is 5.43 Å². The number of benzene rings is 2. The van der Waals surface area contributed by atoms with Crippen molar-refractivity contribution in [3.63, 3.8) is 0 Å². The first-order chi connectivity index (χ1) is 11.9. The Morgan fingerprint density at radius 1 is 1.12 bits per heavy atom. The Hall–Kier alpha value is -4.02. The van der Waals surface area contributed by atoms with Crippen LogP contribution in [0.2, 0.25) is 0 Å². The first-order valence-electron chi connectivity index (χ1n) is 6.66. The van der Waals surface area contributed by atoms with Gasteiger partial charge in [0.1, 0.15) is 5.75 Å². The third-order valence-electron chi connectivity index (χ3n) is 2.85. The van der Waals surface area contributed by atoms with Gasteiger partial charge in [0.2, 0.25) is 5.75 Å². The highest BCUT2D eigenvalue weighted by Crippen LogP contribution is 2.34. The first-order valence-corrected chi connectivity index (χ1v) is 6.66. The summed E-state index contributed by atoms with van der Waals surface area (Å²) in [6.45, 7) is 0. The van der Waals surface area contributed by atoms with Crippen LogP contribution in [0.15, 0.2) is 47.6 Å². The largest absolute Gasteiger partial charge is 0.450 e. The standard InChI is InChI=1S/C14H11N5O6/c15-14(20)17-16-8-9-1-4-11(5-2-9)25-13-6-3-10(18(21)22)7-12(13)19(23)24/h1-8H,(H3,15,17,20). The van der Waals surface area contributed by atoms with E-state index in [9.17, 15) is 25.0 Å². The van der Waals surface area contributed by atoms with Crippen LogP contribution in [0.1, 0.15) is 5.56 Å². The number of nitrogens with two attached hydrogens (primary N) is 1. The summed E-state index contributed by atoms with van der Waals surface area (Å²) in [7, 11) is 0. The lowest BCUT2D eigenvalue weighted by molar-refractivity contribution is -0.394. The number of hydrazone groups is 1. The molecule has 0 unspecified atom stereocenters. The van der Waals surface area contributed by atoms with Crippen LogP contribution in [0.4, 0.5) is 16.2 Å². The van der Waals surface area contributed by atoms with E-state index in [2.05, 4.69) is 5.10 Å². The Labute approximate surface area is 140 Å². The number of urea groups is 1. The van der Waals surface area contributed by atoms with E-state index in [-0.39, 0.29) is 11.5 Å². The van der Waals surface area contributed by atoms with Crippen LogP contribution in [0.25, 0.3) is 0 Å². The van der Waals surface area contributed by atoms with Crippen molar-refractivity contribution in [3.8, 4) is 11.5 Å². The third kappa shape index (κ3) is 4.72. The number of carbonyl (C=O) groups excluding carboxylic acids is 1. The number of nitro groups is 2. The Morgan fingerprint density at radius 2 is 1.80 bits per heavy atom. The number of rotatable bonds is 6. The minimum Gasteiger partial charge on any atom is -0.450 e. The smallest absolute Gasteiger partial charge is 0.332 e. The van der Waals surface area contributed by atoms with Gasteiger partial charge >= 0.3 is 11.7 Å². The van der Waals surface area contributed by atoms with Crippen LogP contribution in [0, 0.1) is 20.2 Å². The highest BCUT2D eigenvalue weighted by atomic mass is 16.6. The summed E-state index contributed by atoms with van der Waals surface area (Å²) in [6, 6.07) is 8.47. The molecule has 2 amide bonds. The average Bonchev–Trinajstić information content (AvgIpc) is 2.56. The monoisotopic (exact) mass is 345 g/mol. The molecule has 0 radical (unpaired) electrons. The average molecular weight is 345 g/mol. The molecule has 0 saturated heterocycles. The van der Waals surface area contributed by atoms with Crippen LogP contribution >= 0.6 is 0 Å². The molecule has 0 bridgehead atoms. The molecule has 2 aromatic carbocycles. The minimum absolute atomic E-state index is 0.132. The van der Waals surface area contributed by atoms with Gasteiger partial charge in [-0.15, -0.1) is 0 Å². The summed E-state index contributed by atoms with van der Waals surface area (Å²) in [5.74, 6) is 0.143. The normalized spacial score (nSPS) is 10.4. The van der Waals surface area contributed by atoms with Crippen LogP contribution in [0.3, 0.4) is 0 Å². The van der Waals surface area contributed by atoms with E-state index >= 15 is 0 Å². The molecule has 0 fully saturated rings. The van der Waals surface area contributed by atoms with Crippen LogP contribution in [-0.2, 0) is 0 Å². The van der Waals surface area contributed by atoms with Crippen molar-refractivity contribution in [2.24, 2.45) is 10.8 Å². The number of primary amides is 1. The molecule has 0 atom stereocenters. The second-order valence-electron chi connectivity index (χ2n) is 4.57. The summed E-state index contributed by atoms with van der Waals surface area (Å²) in [6.07, 6.45) is 1.34. The van der Waals surface area contributed by atoms with E-state index in [1.807, 2.05) is 5.43 Å². The molecule has 0 heterocycles. The molecule has 2 aromatic rings. The maximum atomic E-state index is 11.1. The van der Waals surface area contributed by atoms with Crippen molar-refractivity contribution in [1.29, 1.82) is 0 Å². The molecule has 2 rings (SSSR count). The zero-order valence-corrected chi connectivity index (χ0v) is 12.5. The van der Waals surface area contributed by atoms with Crippen molar-refractivity contribution in [2.75, 3.05) is 0 Å². The zero-order valence-electron chi connectivity index (χ0n) is 12.5. The number of nitrogens with zero attached hydrogens (tertiary/aromatic N) is 3. The van der Waals surface area contributed by atoms with Crippen LogP contribution in [0.5, 0.6) is 11.5 Å². The van der Waals surface area contributed by atoms with Crippen molar-refractivity contribution < 1.29 is 19.4 Å². The molecule has 3 N–H and O–H groups in total. The van der Waals surface area contributed by atoms with Gasteiger partial charge in [-0.1, -0.05) is 0 Å². The number of nitro benzene ring substituents is 2. The lowest BCUT2D eigenvalue weighted by atomic mass is 10.2. The SMILES string of the molecule is NC(=O)NN=Cc1ccc(Oc2ccc([N+](=O)[O-])cc2[N+](=O)[O-])cc1. The molecule has 0 aromatic heterocycles. The maximum absolute atomic E-state index is 11.1. The molecule has 0 aliphatic rings. The Balaban J connectivity index is 2.19. The fourth-order valence-corrected chi connectivity index (χ4v) is 1.77. The van der Waals surface area contributed by atoms with E-state index in [4.69, 9.17) is 10.5 Å². The summed E-state index contributed by atoms with van der Waals surface area (Å²) in [4.78, 5) is 30.7. The topological polar surface area (TPSA) is 163 Å². The molecule has 11 heteroatoms. The quantitative estimate of drug-likeness (QED) is 0.463. The van der Waals surface area contributed by atoms with Crippen molar-refractivity contribution >= 4 is 23.6 Å². The van der Waals surface area contributed by atoms with Crippen molar-refractivity contribution in [2.45, 2.75) is 0 Å². The molecular formula is C14H11N5O6. The first kappa shape index (κ1) is 17.3. The molecule has 25 heavy (non-hydrogen) atoms. The van der Waals surface area contributed by atoms with E-state index in [0.717, 1.165) is 18.2 Å².